The van der Waals surface area contributed by atoms with Crippen LogP contribution in [0.15, 0.2) is 60.7 Å². The average Bonchev–Trinajstić information content (AvgIpc) is 2.67. The third-order valence-electron chi connectivity index (χ3n) is 3.99. The molecule has 3 rings (SSSR count). The Hall–Kier alpha value is -2.43. The van der Waals surface area contributed by atoms with Gasteiger partial charge in [-0.2, -0.15) is 0 Å². The molecule has 140 valence electrons. The summed E-state index contributed by atoms with van der Waals surface area (Å²) in [5.41, 5.74) is 2.55. The van der Waals surface area contributed by atoms with Gasteiger partial charge in [0.1, 0.15) is 12.4 Å². The highest BCUT2D eigenvalue weighted by molar-refractivity contribution is 6.31. The van der Waals surface area contributed by atoms with Crippen LogP contribution < -0.4 is 14.8 Å². The van der Waals surface area contributed by atoms with Gasteiger partial charge in [-0.1, -0.05) is 41.4 Å². The van der Waals surface area contributed by atoms with Crippen LogP contribution in [0.1, 0.15) is 11.1 Å². The number of hydrogen-bond acceptors (Lipinski definition) is 3. The van der Waals surface area contributed by atoms with Crippen molar-refractivity contribution in [3.63, 3.8) is 0 Å². The van der Waals surface area contributed by atoms with Crippen molar-refractivity contribution >= 4 is 28.9 Å². The van der Waals surface area contributed by atoms with E-state index < -0.39 is 0 Å². The van der Waals surface area contributed by atoms with Crippen LogP contribution in [0.2, 0.25) is 10.0 Å². The minimum absolute atomic E-state index is 0.202. The highest BCUT2D eigenvalue weighted by atomic mass is 35.5. The maximum absolute atomic E-state index is 13.2. The molecule has 0 spiro atoms. The number of hydrogen-bond donors (Lipinski definition) is 1. The number of methoxy groups -OCH3 is 1. The molecule has 3 nitrogen and oxygen atoms in total. The van der Waals surface area contributed by atoms with Gasteiger partial charge >= 0.3 is 0 Å². The average molecular weight is 406 g/mol. The summed E-state index contributed by atoms with van der Waals surface area (Å²) in [6, 6.07) is 17.4. The predicted molar refractivity (Wildman–Crippen MR) is 108 cm³/mol. The van der Waals surface area contributed by atoms with Crippen molar-refractivity contribution in [2.75, 3.05) is 12.4 Å². The normalized spacial score (nSPS) is 10.5. The van der Waals surface area contributed by atoms with Crippen molar-refractivity contribution in [3.8, 4) is 11.5 Å². The second-order valence-corrected chi connectivity index (χ2v) is 6.68. The number of anilines is 1. The van der Waals surface area contributed by atoms with E-state index in [4.69, 9.17) is 32.7 Å². The summed E-state index contributed by atoms with van der Waals surface area (Å²) in [6.07, 6.45) is 0. The van der Waals surface area contributed by atoms with Crippen molar-refractivity contribution in [3.05, 3.63) is 87.7 Å². The van der Waals surface area contributed by atoms with Gasteiger partial charge in [0, 0.05) is 28.4 Å². The molecule has 0 unspecified atom stereocenters. The van der Waals surface area contributed by atoms with E-state index in [0.29, 0.717) is 33.7 Å². The Morgan fingerprint density at radius 2 is 1.74 bits per heavy atom. The Kier molecular flexibility index (Phi) is 6.43. The van der Waals surface area contributed by atoms with E-state index >= 15 is 0 Å². The predicted octanol–water partition coefficient (Wildman–Crippen LogP) is 6.33. The first-order valence-corrected chi connectivity index (χ1v) is 9.04. The highest BCUT2D eigenvalue weighted by Gasteiger charge is 2.12. The molecule has 1 N–H and O–H groups in total. The maximum Gasteiger partial charge on any atom is 0.166 e. The molecular weight excluding hydrogens is 388 g/mol. The lowest BCUT2D eigenvalue weighted by molar-refractivity contribution is 0.281. The lowest BCUT2D eigenvalue weighted by Gasteiger charge is -2.16. The first kappa shape index (κ1) is 19.3. The molecule has 0 aliphatic heterocycles. The van der Waals surface area contributed by atoms with E-state index in [1.54, 1.807) is 13.2 Å². The lowest BCUT2D eigenvalue weighted by atomic mass is 10.1. The summed E-state index contributed by atoms with van der Waals surface area (Å²) in [6.45, 7) is 0.735. The van der Waals surface area contributed by atoms with Gasteiger partial charge in [-0.15, -0.1) is 0 Å². The Balaban J connectivity index is 1.77. The van der Waals surface area contributed by atoms with Gasteiger partial charge in [-0.05, 0) is 42.5 Å². The second kappa shape index (κ2) is 8.98. The minimum atomic E-state index is -0.381. The highest BCUT2D eigenvalue weighted by Crippen LogP contribution is 2.33. The zero-order valence-electron chi connectivity index (χ0n) is 14.6. The molecule has 3 aromatic rings. The van der Waals surface area contributed by atoms with Crippen LogP contribution in [-0.2, 0) is 13.2 Å². The Morgan fingerprint density at radius 1 is 0.963 bits per heavy atom. The summed E-state index contributed by atoms with van der Waals surface area (Å²) >= 11 is 12.0. The molecule has 3 aromatic carbocycles. The van der Waals surface area contributed by atoms with Crippen molar-refractivity contribution in [2.45, 2.75) is 13.2 Å². The molecule has 0 fully saturated rings. The zero-order valence-corrected chi connectivity index (χ0v) is 16.1. The Bertz CT molecular complexity index is 917. The van der Waals surface area contributed by atoms with Gasteiger partial charge < -0.3 is 14.8 Å². The molecule has 0 atom stereocenters. The lowest BCUT2D eigenvalue weighted by Crippen LogP contribution is -2.05. The number of para-hydroxylation sites is 1. The Labute approximate surface area is 167 Å². The molecule has 0 amide bonds. The van der Waals surface area contributed by atoms with Crippen LogP contribution in [0.25, 0.3) is 0 Å². The monoisotopic (exact) mass is 405 g/mol. The number of benzene rings is 3. The van der Waals surface area contributed by atoms with Gasteiger partial charge in [0.15, 0.2) is 11.5 Å². The molecule has 0 bridgehead atoms. The van der Waals surface area contributed by atoms with Gasteiger partial charge in [-0.25, -0.2) is 4.39 Å². The smallest absolute Gasteiger partial charge is 0.166 e. The second-order valence-electron chi connectivity index (χ2n) is 5.83. The largest absolute Gasteiger partial charge is 0.493 e. The minimum Gasteiger partial charge on any atom is -0.493 e. The summed E-state index contributed by atoms with van der Waals surface area (Å²) < 4.78 is 24.6. The van der Waals surface area contributed by atoms with Gasteiger partial charge in [0.2, 0.25) is 0 Å². The van der Waals surface area contributed by atoms with Crippen molar-refractivity contribution in [2.24, 2.45) is 0 Å². The van der Waals surface area contributed by atoms with Crippen molar-refractivity contribution in [1.29, 1.82) is 0 Å². The van der Waals surface area contributed by atoms with Crippen LogP contribution in [0.3, 0.4) is 0 Å². The maximum atomic E-state index is 13.2. The molecule has 0 radical (unpaired) electrons. The number of rotatable bonds is 7. The van der Waals surface area contributed by atoms with Gasteiger partial charge in [0.05, 0.1) is 12.1 Å². The number of nitrogens with one attached hydrogen (secondary N) is 1. The fraction of sp³-hybridized carbons (Fsp3) is 0.143. The van der Waals surface area contributed by atoms with Crippen LogP contribution >= 0.6 is 23.2 Å². The van der Waals surface area contributed by atoms with E-state index in [0.717, 1.165) is 11.3 Å². The van der Waals surface area contributed by atoms with E-state index in [2.05, 4.69) is 5.32 Å². The molecule has 0 heterocycles. The topological polar surface area (TPSA) is 30.5 Å². The van der Waals surface area contributed by atoms with Crippen LogP contribution in [0.5, 0.6) is 11.5 Å². The summed E-state index contributed by atoms with van der Waals surface area (Å²) in [5, 5.41) is 4.33. The number of halogens is 3. The van der Waals surface area contributed by atoms with Crippen LogP contribution in [0, 0.1) is 5.82 Å². The van der Waals surface area contributed by atoms with Gasteiger partial charge in [0.25, 0.3) is 0 Å². The molecule has 0 saturated heterocycles. The summed E-state index contributed by atoms with van der Waals surface area (Å²) in [5.74, 6) is 0.847. The number of ether oxygens (including phenoxy) is 2. The molecule has 0 aromatic heterocycles. The zero-order chi connectivity index (χ0) is 19.2. The fourth-order valence-electron chi connectivity index (χ4n) is 2.58. The summed E-state index contributed by atoms with van der Waals surface area (Å²) in [4.78, 5) is 0. The fourth-order valence-corrected chi connectivity index (χ4v) is 2.93. The third-order valence-corrected chi connectivity index (χ3v) is 4.60. The quantitative estimate of drug-likeness (QED) is 0.497. The van der Waals surface area contributed by atoms with Crippen LogP contribution in [0.4, 0.5) is 10.1 Å². The van der Waals surface area contributed by atoms with E-state index in [1.165, 1.54) is 12.1 Å². The van der Waals surface area contributed by atoms with Crippen LogP contribution in [-0.4, -0.2) is 7.11 Å². The first-order valence-electron chi connectivity index (χ1n) is 8.29. The SMILES string of the molecule is COc1cccc(CNc2ccc(Cl)cc2)c1OCc1ccc(F)cc1Cl. The Morgan fingerprint density at radius 3 is 2.44 bits per heavy atom. The van der Waals surface area contributed by atoms with Gasteiger partial charge in [-0.3, -0.25) is 0 Å². The molecular formula is C21H18Cl2FNO2. The van der Waals surface area contributed by atoms with Crippen molar-refractivity contribution in [1.82, 2.24) is 0 Å². The molecule has 6 heteroatoms. The molecule has 0 aliphatic carbocycles. The molecule has 0 saturated carbocycles. The first-order chi connectivity index (χ1) is 13.1. The van der Waals surface area contributed by atoms with E-state index in [1.807, 2.05) is 42.5 Å². The summed E-state index contributed by atoms with van der Waals surface area (Å²) in [7, 11) is 1.59. The van der Waals surface area contributed by atoms with Crippen molar-refractivity contribution < 1.29 is 13.9 Å². The van der Waals surface area contributed by atoms with E-state index in [-0.39, 0.29) is 12.4 Å². The standard InChI is InChI=1S/C21H18Cl2FNO2/c1-26-20-4-2-3-14(12-25-18-9-6-16(22)7-10-18)21(20)27-13-15-5-8-17(24)11-19(15)23/h2-11,25H,12-13H2,1H3. The molecule has 27 heavy (non-hydrogen) atoms. The molecule has 0 aliphatic rings. The third kappa shape index (κ3) is 5.06. The van der Waals surface area contributed by atoms with E-state index in [9.17, 15) is 4.39 Å².